The van der Waals surface area contributed by atoms with Crippen LogP contribution in [0, 0.1) is 0 Å². The van der Waals surface area contributed by atoms with Crippen molar-refractivity contribution in [1.29, 1.82) is 0 Å². The van der Waals surface area contributed by atoms with Gasteiger partial charge in [-0.2, -0.15) is 18.3 Å². The van der Waals surface area contributed by atoms with Gasteiger partial charge in [0.15, 0.2) is 5.65 Å². The lowest BCUT2D eigenvalue weighted by Gasteiger charge is -2.13. The van der Waals surface area contributed by atoms with E-state index in [-0.39, 0.29) is 29.2 Å². The molecule has 4 heterocycles. The molecule has 0 N–H and O–H groups in total. The van der Waals surface area contributed by atoms with Crippen molar-refractivity contribution in [1.82, 2.24) is 24.7 Å². The maximum Gasteiger partial charge on any atom is 0.433 e. The number of alkyl halides is 3. The first-order chi connectivity index (χ1) is 14.2. The first-order valence-corrected chi connectivity index (χ1v) is 9.90. The molecule has 1 atom stereocenters. The van der Waals surface area contributed by atoms with Crippen molar-refractivity contribution in [3.63, 3.8) is 0 Å². The minimum Gasteiger partial charge on any atom is -0.351 e. The van der Waals surface area contributed by atoms with E-state index in [9.17, 15) is 18.0 Å². The smallest absolute Gasteiger partial charge is 0.351 e. The Hall–Kier alpha value is -2.91. The van der Waals surface area contributed by atoms with Crippen molar-refractivity contribution in [3.05, 3.63) is 46.7 Å². The molecule has 160 valence electrons. The molecule has 1 saturated heterocycles. The first-order valence-electron chi connectivity index (χ1n) is 9.90. The summed E-state index contributed by atoms with van der Waals surface area (Å²) in [5.74, 6) is -0.425. The van der Waals surface area contributed by atoms with E-state index in [4.69, 9.17) is 4.52 Å². The van der Waals surface area contributed by atoms with Crippen LogP contribution in [-0.2, 0) is 12.6 Å². The predicted molar refractivity (Wildman–Crippen MR) is 101 cm³/mol. The second kappa shape index (κ2) is 7.41. The zero-order valence-corrected chi connectivity index (χ0v) is 16.9. The van der Waals surface area contributed by atoms with E-state index in [0.717, 1.165) is 10.6 Å². The molecule has 0 aliphatic carbocycles. The molecule has 3 aromatic rings. The Bertz CT molecular complexity index is 1090. The van der Waals surface area contributed by atoms with Crippen molar-refractivity contribution in [2.24, 2.45) is 0 Å². The number of likely N-dealkylation sites (tertiary alicyclic amines) is 1. The summed E-state index contributed by atoms with van der Waals surface area (Å²) in [4.78, 5) is 18.6. The van der Waals surface area contributed by atoms with Crippen LogP contribution in [0.5, 0.6) is 0 Å². The Kier molecular flexibility index (Phi) is 5.03. The molecule has 10 heteroatoms. The van der Waals surface area contributed by atoms with Crippen molar-refractivity contribution in [2.75, 3.05) is 13.1 Å². The van der Waals surface area contributed by atoms with Crippen molar-refractivity contribution in [3.8, 4) is 0 Å². The van der Waals surface area contributed by atoms with E-state index in [0.29, 0.717) is 43.0 Å². The second-order valence-corrected chi connectivity index (χ2v) is 7.83. The number of carbonyl (C=O) groups is 1. The van der Waals surface area contributed by atoms with E-state index in [1.54, 1.807) is 30.9 Å². The number of rotatable bonds is 4. The fourth-order valence-electron chi connectivity index (χ4n) is 3.63. The maximum atomic E-state index is 13.6. The number of halogens is 3. The first kappa shape index (κ1) is 20.4. The molecule has 0 unspecified atom stereocenters. The Morgan fingerprint density at radius 2 is 2.07 bits per heavy atom. The number of nitrogens with zero attached hydrogens (tertiary/aromatic N) is 5. The lowest BCUT2D eigenvalue weighted by atomic mass is 10.1. The summed E-state index contributed by atoms with van der Waals surface area (Å²) < 4.78 is 46.7. The minimum atomic E-state index is -4.55. The number of aryl methyl sites for hydroxylation is 1. The lowest BCUT2D eigenvalue weighted by Crippen LogP contribution is -2.28. The van der Waals surface area contributed by atoms with Crippen molar-refractivity contribution >= 4 is 11.6 Å². The standard InChI is InChI=1S/C20H22F3N5O2/c1-4-13-7-16(30-26-13)19(29)27-6-5-12(10-27)15-9-18-24-14(11(2)3)8-17(20(21,22)23)28(18)25-15/h7-9,11-12H,4-6,10H2,1-3H3/t12-/m0/s1. The molecule has 0 radical (unpaired) electrons. The molecule has 0 saturated carbocycles. The summed E-state index contributed by atoms with van der Waals surface area (Å²) in [6, 6.07) is 4.26. The van der Waals surface area contributed by atoms with Crippen LogP contribution in [-0.4, -0.2) is 43.7 Å². The summed E-state index contributed by atoms with van der Waals surface area (Å²) in [5, 5.41) is 8.04. The van der Waals surface area contributed by atoms with Crippen LogP contribution in [0.1, 0.15) is 72.4 Å². The molecule has 4 rings (SSSR count). The molecule has 1 aliphatic heterocycles. The third kappa shape index (κ3) is 3.66. The van der Waals surface area contributed by atoms with Crippen LogP contribution < -0.4 is 0 Å². The fourth-order valence-corrected chi connectivity index (χ4v) is 3.63. The Labute approximate surface area is 170 Å². The molecule has 0 bridgehead atoms. The average molecular weight is 421 g/mol. The second-order valence-electron chi connectivity index (χ2n) is 7.83. The molecular weight excluding hydrogens is 399 g/mol. The molecule has 3 aromatic heterocycles. The van der Waals surface area contributed by atoms with Crippen LogP contribution in [0.3, 0.4) is 0 Å². The van der Waals surface area contributed by atoms with Gasteiger partial charge in [-0.3, -0.25) is 4.79 Å². The average Bonchev–Trinajstić information content (AvgIpc) is 3.43. The van der Waals surface area contributed by atoms with E-state index in [2.05, 4.69) is 15.2 Å². The Morgan fingerprint density at radius 3 is 2.70 bits per heavy atom. The minimum absolute atomic E-state index is 0.149. The normalized spacial score (nSPS) is 17.4. The van der Waals surface area contributed by atoms with Crippen LogP contribution in [0.25, 0.3) is 5.65 Å². The topological polar surface area (TPSA) is 76.5 Å². The van der Waals surface area contributed by atoms with Gasteiger partial charge in [-0.1, -0.05) is 25.9 Å². The molecule has 0 aromatic carbocycles. The van der Waals surface area contributed by atoms with Gasteiger partial charge in [-0.25, -0.2) is 9.50 Å². The summed E-state index contributed by atoms with van der Waals surface area (Å²) >= 11 is 0. The molecule has 7 nitrogen and oxygen atoms in total. The predicted octanol–water partition coefficient (Wildman–Crippen LogP) is 4.05. The third-order valence-electron chi connectivity index (χ3n) is 5.37. The lowest BCUT2D eigenvalue weighted by molar-refractivity contribution is -0.142. The van der Waals surface area contributed by atoms with Gasteiger partial charge in [0.2, 0.25) is 5.76 Å². The number of carbonyl (C=O) groups excluding carboxylic acids is 1. The molecule has 1 amide bonds. The highest BCUT2D eigenvalue weighted by molar-refractivity contribution is 5.91. The van der Waals surface area contributed by atoms with Gasteiger partial charge in [0.25, 0.3) is 5.91 Å². The van der Waals surface area contributed by atoms with Crippen LogP contribution in [0.2, 0.25) is 0 Å². The van der Waals surface area contributed by atoms with E-state index >= 15 is 0 Å². The molecular formula is C20H22F3N5O2. The van der Waals surface area contributed by atoms with Crippen LogP contribution >= 0.6 is 0 Å². The summed E-state index contributed by atoms with van der Waals surface area (Å²) in [6.45, 7) is 6.32. The van der Waals surface area contributed by atoms with Gasteiger partial charge < -0.3 is 9.42 Å². The molecule has 1 aliphatic rings. The highest BCUT2D eigenvalue weighted by Gasteiger charge is 2.37. The van der Waals surface area contributed by atoms with Gasteiger partial charge in [-0.15, -0.1) is 0 Å². The SMILES string of the molecule is CCc1cc(C(=O)N2CC[C@H](c3cc4nc(C(C)C)cc(C(F)(F)F)n4n3)C2)on1. The number of hydrogen-bond donors (Lipinski definition) is 0. The monoisotopic (exact) mass is 421 g/mol. The van der Waals surface area contributed by atoms with Crippen molar-refractivity contribution in [2.45, 2.75) is 51.6 Å². The highest BCUT2D eigenvalue weighted by Crippen LogP contribution is 2.33. The highest BCUT2D eigenvalue weighted by atomic mass is 19.4. The summed E-state index contributed by atoms with van der Waals surface area (Å²) in [6.07, 6.45) is -3.29. The van der Waals surface area contributed by atoms with Gasteiger partial charge in [0.05, 0.1) is 11.4 Å². The fraction of sp³-hybridized carbons (Fsp3) is 0.500. The zero-order valence-electron chi connectivity index (χ0n) is 16.9. The maximum absolute atomic E-state index is 13.6. The van der Waals surface area contributed by atoms with E-state index < -0.39 is 11.9 Å². The van der Waals surface area contributed by atoms with Gasteiger partial charge >= 0.3 is 6.18 Å². The van der Waals surface area contributed by atoms with Gasteiger partial charge in [0.1, 0.15) is 5.69 Å². The quantitative estimate of drug-likeness (QED) is 0.635. The number of hydrogen-bond acceptors (Lipinski definition) is 5. The largest absolute Gasteiger partial charge is 0.433 e. The molecule has 0 spiro atoms. The zero-order chi connectivity index (χ0) is 21.6. The Balaban J connectivity index is 1.61. The molecule has 30 heavy (non-hydrogen) atoms. The van der Waals surface area contributed by atoms with Crippen molar-refractivity contribution < 1.29 is 22.5 Å². The van der Waals surface area contributed by atoms with Crippen LogP contribution in [0.15, 0.2) is 22.7 Å². The van der Waals surface area contributed by atoms with E-state index in [1.807, 2.05) is 6.92 Å². The molecule has 1 fully saturated rings. The number of aromatic nitrogens is 4. The van der Waals surface area contributed by atoms with Gasteiger partial charge in [0, 0.05) is 36.8 Å². The summed E-state index contributed by atoms with van der Waals surface area (Å²) in [7, 11) is 0. The number of fused-ring (bicyclic) bond motifs is 1. The third-order valence-corrected chi connectivity index (χ3v) is 5.37. The number of amides is 1. The van der Waals surface area contributed by atoms with Crippen LogP contribution in [0.4, 0.5) is 13.2 Å². The van der Waals surface area contributed by atoms with E-state index in [1.165, 1.54) is 0 Å². The van der Waals surface area contributed by atoms with Gasteiger partial charge in [-0.05, 0) is 24.8 Å². The Morgan fingerprint density at radius 1 is 1.30 bits per heavy atom. The summed E-state index contributed by atoms with van der Waals surface area (Å²) in [5.41, 5.74) is 0.872.